The predicted octanol–water partition coefficient (Wildman–Crippen LogP) is 3.35. The van der Waals surface area contributed by atoms with Gasteiger partial charge in [0, 0.05) is 32.1 Å². The van der Waals surface area contributed by atoms with Crippen molar-refractivity contribution in [3.8, 4) is 0 Å². The van der Waals surface area contributed by atoms with Crippen molar-refractivity contribution in [2.75, 3.05) is 26.2 Å². The van der Waals surface area contributed by atoms with Crippen molar-refractivity contribution in [2.24, 2.45) is 11.8 Å². The molecule has 3 rings (SSSR count). The van der Waals surface area contributed by atoms with Crippen molar-refractivity contribution >= 4 is 15.9 Å². The largest absolute Gasteiger partial charge is 0.342 e. The van der Waals surface area contributed by atoms with Crippen LogP contribution in [-0.4, -0.2) is 49.7 Å². The maximum atomic E-state index is 12.9. The summed E-state index contributed by atoms with van der Waals surface area (Å²) in [5.41, 5.74) is 2.07. The summed E-state index contributed by atoms with van der Waals surface area (Å²) in [6.45, 7) is 8.72. The van der Waals surface area contributed by atoms with Crippen LogP contribution in [0.15, 0.2) is 23.1 Å². The van der Waals surface area contributed by atoms with E-state index in [9.17, 15) is 13.2 Å². The molecule has 2 fully saturated rings. The van der Waals surface area contributed by atoms with E-state index in [1.165, 1.54) is 6.42 Å². The Hall–Kier alpha value is -1.40. The Morgan fingerprint density at radius 2 is 1.67 bits per heavy atom. The average Bonchev–Trinajstić information content (AvgIpc) is 2.88. The summed E-state index contributed by atoms with van der Waals surface area (Å²) in [5, 5.41) is 0. The summed E-state index contributed by atoms with van der Waals surface area (Å²) in [4.78, 5) is 15.3. The van der Waals surface area contributed by atoms with E-state index in [0.717, 1.165) is 37.1 Å². The minimum absolute atomic E-state index is 0.0374. The summed E-state index contributed by atoms with van der Waals surface area (Å²) >= 11 is 0. The first kappa shape index (κ1) is 20.3. The number of aryl methyl sites for hydroxylation is 2. The molecule has 6 heteroatoms. The first-order valence-electron chi connectivity index (χ1n) is 10.1. The molecule has 1 aromatic rings. The molecule has 2 heterocycles. The Balaban J connectivity index is 1.62. The second-order valence-corrected chi connectivity index (χ2v) is 10.2. The van der Waals surface area contributed by atoms with Gasteiger partial charge in [0.15, 0.2) is 0 Å². The summed E-state index contributed by atoms with van der Waals surface area (Å²) in [5.74, 6) is 0.879. The number of piperidine rings is 1. The van der Waals surface area contributed by atoms with Crippen LogP contribution >= 0.6 is 0 Å². The topological polar surface area (TPSA) is 57.7 Å². The Kier molecular flexibility index (Phi) is 6.26. The summed E-state index contributed by atoms with van der Waals surface area (Å²) in [6.07, 6.45) is 4.58. The van der Waals surface area contributed by atoms with E-state index in [4.69, 9.17) is 0 Å². The van der Waals surface area contributed by atoms with Crippen LogP contribution in [0.2, 0.25) is 0 Å². The normalized spacial score (nSPS) is 23.2. The molecule has 1 unspecified atom stereocenters. The second-order valence-electron chi connectivity index (χ2n) is 8.29. The minimum Gasteiger partial charge on any atom is -0.342 e. The Bertz CT molecular complexity index is 783. The molecule has 150 valence electrons. The second kappa shape index (κ2) is 8.31. The van der Waals surface area contributed by atoms with Gasteiger partial charge in [-0.3, -0.25) is 4.79 Å². The van der Waals surface area contributed by atoms with Crippen LogP contribution in [0.3, 0.4) is 0 Å². The van der Waals surface area contributed by atoms with Gasteiger partial charge >= 0.3 is 0 Å². The molecule has 0 N–H and O–H groups in total. The number of sulfonamides is 1. The van der Waals surface area contributed by atoms with Crippen LogP contribution in [-0.2, 0) is 14.8 Å². The van der Waals surface area contributed by atoms with Gasteiger partial charge in [0.2, 0.25) is 15.9 Å². The average molecular weight is 393 g/mol. The van der Waals surface area contributed by atoms with Crippen LogP contribution in [0.1, 0.15) is 50.2 Å². The fourth-order valence-corrected chi connectivity index (χ4v) is 5.66. The monoisotopic (exact) mass is 392 g/mol. The number of rotatable bonds is 3. The van der Waals surface area contributed by atoms with Crippen molar-refractivity contribution in [1.82, 2.24) is 9.21 Å². The van der Waals surface area contributed by atoms with Crippen LogP contribution in [0.4, 0.5) is 0 Å². The number of carbonyl (C=O) groups excluding carboxylic acids is 1. The van der Waals surface area contributed by atoms with E-state index < -0.39 is 10.0 Å². The lowest BCUT2D eigenvalue weighted by Gasteiger charge is -2.33. The molecular formula is C21H32N2O3S. The van der Waals surface area contributed by atoms with Gasteiger partial charge in [-0.1, -0.05) is 13.0 Å². The lowest BCUT2D eigenvalue weighted by Crippen LogP contribution is -2.44. The Morgan fingerprint density at radius 1 is 0.963 bits per heavy atom. The first-order valence-corrected chi connectivity index (χ1v) is 11.6. The van der Waals surface area contributed by atoms with E-state index in [2.05, 4.69) is 6.92 Å². The molecule has 2 aliphatic rings. The molecule has 0 aliphatic carbocycles. The fourth-order valence-electron chi connectivity index (χ4n) is 4.11. The zero-order chi connectivity index (χ0) is 19.6. The minimum atomic E-state index is -3.48. The van der Waals surface area contributed by atoms with E-state index in [1.54, 1.807) is 16.4 Å². The smallest absolute Gasteiger partial charge is 0.243 e. The van der Waals surface area contributed by atoms with Crippen LogP contribution < -0.4 is 0 Å². The molecule has 0 spiro atoms. The van der Waals surface area contributed by atoms with Crippen molar-refractivity contribution in [1.29, 1.82) is 0 Å². The molecule has 1 aromatic carbocycles. The standard InChI is InChI=1S/C21H32N2O3S/c1-16-5-4-11-22(12-8-16)21(24)19-9-13-23(14-10-19)27(25,26)20-7-6-17(2)18(3)15-20/h6-7,15-16,19H,4-5,8-14H2,1-3H3. The van der Waals surface area contributed by atoms with Gasteiger partial charge in [-0.15, -0.1) is 0 Å². The number of hydrogen-bond donors (Lipinski definition) is 0. The highest BCUT2D eigenvalue weighted by atomic mass is 32.2. The fraction of sp³-hybridized carbons (Fsp3) is 0.667. The van der Waals surface area contributed by atoms with E-state index in [-0.39, 0.29) is 11.8 Å². The van der Waals surface area contributed by atoms with Gasteiger partial charge in [-0.2, -0.15) is 4.31 Å². The molecule has 1 atom stereocenters. The highest BCUT2D eigenvalue weighted by Crippen LogP contribution is 2.27. The molecule has 0 saturated carbocycles. The molecule has 1 amide bonds. The summed E-state index contributed by atoms with van der Waals surface area (Å²) in [6, 6.07) is 5.30. The van der Waals surface area contributed by atoms with Crippen LogP contribution in [0, 0.1) is 25.7 Å². The molecule has 0 aromatic heterocycles. The third-order valence-electron chi connectivity index (χ3n) is 6.25. The third kappa shape index (κ3) is 4.54. The molecule has 2 aliphatic heterocycles. The molecular weight excluding hydrogens is 360 g/mol. The SMILES string of the molecule is Cc1ccc(S(=O)(=O)N2CCC(C(=O)N3CCCC(C)CC3)CC2)cc1C. The van der Waals surface area contributed by atoms with Gasteiger partial charge in [-0.25, -0.2) is 8.42 Å². The van der Waals surface area contributed by atoms with Gasteiger partial charge in [0.05, 0.1) is 4.90 Å². The van der Waals surface area contributed by atoms with Crippen LogP contribution in [0.5, 0.6) is 0 Å². The quantitative estimate of drug-likeness (QED) is 0.793. The van der Waals surface area contributed by atoms with Crippen molar-refractivity contribution in [2.45, 2.75) is 57.8 Å². The van der Waals surface area contributed by atoms with Gasteiger partial charge in [0.1, 0.15) is 0 Å². The number of amides is 1. The van der Waals surface area contributed by atoms with E-state index >= 15 is 0 Å². The molecule has 27 heavy (non-hydrogen) atoms. The number of nitrogens with zero attached hydrogens (tertiary/aromatic N) is 2. The lowest BCUT2D eigenvalue weighted by atomic mass is 9.96. The van der Waals surface area contributed by atoms with E-state index in [0.29, 0.717) is 36.7 Å². The Morgan fingerprint density at radius 3 is 2.33 bits per heavy atom. The number of likely N-dealkylation sites (tertiary alicyclic amines) is 1. The van der Waals surface area contributed by atoms with Crippen LogP contribution in [0.25, 0.3) is 0 Å². The summed E-state index contributed by atoms with van der Waals surface area (Å²) in [7, 11) is -3.48. The van der Waals surface area contributed by atoms with Crippen molar-refractivity contribution in [3.63, 3.8) is 0 Å². The van der Waals surface area contributed by atoms with Gasteiger partial charge in [0.25, 0.3) is 0 Å². The van der Waals surface area contributed by atoms with Crippen molar-refractivity contribution in [3.05, 3.63) is 29.3 Å². The summed E-state index contributed by atoms with van der Waals surface area (Å²) < 4.78 is 27.4. The maximum Gasteiger partial charge on any atom is 0.243 e. The molecule has 0 radical (unpaired) electrons. The number of hydrogen-bond acceptors (Lipinski definition) is 3. The molecule has 5 nitrogen and oxygen atoms in total. The third-order valence-corrected chi connectivity index (χ3v) is 8.14. The number of carbonyl (C=O) groups is 1. The van der Waals surface area contributed by atoms with Crippen molar-refractivity contribution < 1.29 is 13.2 Å². The first-order chi connectivity index (χ1) is 12.8. The highest BCUT2D eigenvalue weighted by Gasteiger charge is 2.34. The zero-order valence-corrected chi connectivity index (χ0v) is 17.6. The maximum absolute atomic E-state index is 12.9. The Labute approximate surface area is 163 Å². The van der Waals surface area contributed by atoms with Gasteiger partial charge in [-0.05, 0) is 75.1 Å². The molecule has 2 saturated heterocycles. The highest BCUT2D eigenvalue weighted by molar-refractivity contribution is 7.89. The predicted molar refractivity (Wildman–Crippen MR) is 107 cm³/mol. The number of benzene rings is 1. The lowest BCUT2D eigenvalue weighted by molar-refractivity contribution is -0.136. The molecule has 0 bridgehead atoms. The zero-order valence-electron chi connectivity index (χ0n) is 16.8. The van der Waals surface area contributed by atoms with Gasteiger partial charge < -0.3 is 4.90 Å². The van der Waals surface area contributed by atoms with E-state index in [1.807, 2.05) is 24.8 Å².